The Bertz CT molecular complexity index is 504. The molecule has 88 valence electrons. The molecule has 1 aromatic rings. The third kappa shape index (κ3) is 2.60. The first-order valence-corrected chi connectivity index (χ1v) is 5.94. The SMILES string of the molecule is CCC(C)(C)c1ccc(C#N)c(Cl)c1CC#N. The molecule has 0 fully saturated rings. The second-order valence-electron chi connectivity index (χ2n) is 4.64. The minimum Gasteiger partial charge on any atom is -0.198 e. The van der Waals surface area contributed by atoms with Crippen molar-refractivity contribution in [1.82, 2.24) is 0 Å². The van der Waals surface area contributed by atoms with Crippen LogP contribution in [0, 0.1) is 22.7 Å². The zero-order valence-corrected chi connectivity index (χ0v) is 11.1. The van der Waals surface area contributed by atoms with Crippen molar-refractivity contribution in [3.8, 4) is 12.1 Å². The average molecular weight is 247 g/mol. The molecule has 17 heavy (non-hydrogen) atoms. The van der Waals surface area contributed by atoms with Crippen molar-refractivity contribution in [2.75, 3.05) is 0 Å². The Labute approximate surface area is 107 Å². The van der Waals surface area contributed by atoms with Gasteiger partial charge < -0.3 is 0 Å². The van der Waals surface area contributed by atoms with Crippen LogP contribution >= 0.6 is 11.6 Å². The van der Waals surface area contributed by atoms with Crippen molar-refractivity contribution in [1.29, 1.82) is 10.5 Å². The zero-order valence-electron chi connectivity index (χ0n) is 10.3. The second-order valence-corrected chi connectivity index (χ2v) is 5.02. The maximum absolute atomic E-state index is 8.94. The summed E-state index contributed by atoms with van der Waals surface area (Å²) in [5.74, 6) is 0. The molecule has 0 unspecified atom stereocenters. The molecule has 0 heterocycles. The molecule has 0 bridgehead atoms. The smallest absolute Gasteiger partial charge is 0.101 e. The van der Waals surface area contributed by atoms with E-state index in [0.717, 1.165) is 17.5 Å². The summed E-state index contributed by atoms with van der Waals surface area (Å²) in [6.07, 6.45) is 1.20. The highest BCUT2D eigenvalue weighted by Gasteiger charge is 2.24. The van der Waals surface area contributed by atoms with Gasteiger partial charge in [-0.05, 0) is 29.0 Å². The van der Waals surface area contributed by atoms with Crippen molar-refractivity contribution in [3.63, 3.8) is 0 Å². The monoisotopic (exact) mass is 246 g/mol. The number of rotatable bonds is 3. The van der Waals surface area contributed by atoms with Crippen molar-refractivity contribution in [2.45, 2.75) is 39.0 Å². The maximum atomic E-state index is 8.94. The first-order valence-electron chi connectivity index (χ1n) is 5.56. The normalized spacial score (nSPS) is 10.7. The lowest BCUT2D eigenvalue weighted by atomic mass is 9.78. The summed E-state index contributed by atoms with van der Waals surface area (Å²) in [7, 11) is 0. The molecule has 0 radical (unpaired) electrons. The van der Waals surface area contributed by atoms with Gasteiger partial charge in [0.25, 0.3) is 0 Å². The molecule has 0 amide bonds. The van der Waals surface area contributed by atoms with E-state index in [1.807, 2.05) is 12.1 Å². The zero-order chi connectivity index (χ0) is 13.1. The minimum absolute atomic E-state index is 0.0379. The number of hydrogen-bond acceptors (Lipinski definition) is 2. The van der Waals surface area contributed by atoms with Crippen LogP contribution in [0.4, 0.5) is 0 Å². The van der Waals surface area contributed by atoms with Gasteiger partial charge in [-0.2, -0.15) is 10.5 Å². The van der Waals surface area contributed by atoms with Gasteiger partial charge in [0.05, 0.1) is 23.1 Å². The summed E-state index contributed by atoms with van der Waals surface area (Å²) in [4.78, 5) is 0. The van der Waals surface area contributed by atoms with Gasteiger partial charge in [-0.15, -0.1) is 0 Å². The molecule has 0 saturated carbocycles. The molecule has 0 N–H and O–H groups in total. The third-order valence-corrected chi connectivity index (χ3v) is 3.66. The Balaban J connectivity index is 3.49. The highest BCUT2D eigenvalue weighted by Crippen LogP contribution is 2.34. The molecule has 0 spiro atoms. The van der Waals surface area contributed by atoms with E-state index in [9.17, 15) is 0 Å². The summed E-state index contributed by atoms with van der Waals surface area (Å²) in [6.45, 7) is 6.33. The first kappa shape index (κ1) is 13.6. The second kappa shape index (κ2) is 5.21. The number of nitriles is 2. The lowest BCUT2D eigenvalue weighted by molar-refractivity contribution is 0.502. The third-order valence-electron chi connectivity index (χ3n) is 3.23. The average Bonchev–Trinajstić information content (AvgIpc) is 2.31. The fourth-order valence-electron chi connectivity index (χ4n) is 1.78. The van der Waals surface area contributed by atoms with E-state index in [2.05, 4.69) is 26.8 Å². The predicted molar refractivity (Wildman–Crippen MR) is 68.8 cm³/mol. The molecule has 1 rings (SSSR count). The van der Waals surface area contributed by atoms with Gasteiger partial charge >= 0.3 is 0 Å². The summed E-state index contributed by atoms with van der Waals surface area (Å²) >= 11 is 6.18. The predicted octanol–water partition coefficient (Wildman–Crippen LogP) is 3.97. The Morgan fingerprint density at radius 2 is 1.94 bits per heavy atom. The van der Waals surface area contributed by atoms with Gasteiger partial charge in [-0.3, -0.25) is 0 Å². The molecule has 0 saturated heterocycles. The van der Waals surface area contributed by atoms with Crippen molar-refractivity contribution >= 4 is 11.6 Å². The number of nitrogens with zero attached hydrogens (tertiary/aromatic N) is 2. The van der Waals surface area contributed by atoms with Crippen LogP contribution in [0.5, 0.6) is 0 Å². The van der Waals surface area contributed by atoms with E-state index in [1.165, 1.54) is 0 Å². The highest BCUT2D eigenvalue weighted by atomic mass is 35.5. The Kier molecular flexibility index (Phi) is 4.16. The van der Waals surface area contributed by atoms with Gasteiger partial charge in [0.1, 0.15) is 6.07 Å². The maximum Gasteiger partial charge on any atom is 0.101 e. The molecular formula is C14H15ClN2. The lowest BCUT2D eigenvalue weighted by Gasteiger charge is -2.26. The largest absolute Gasteiger partial charge is 0.198 e. The lowest BCUT2D eigenvalue weighted by Crippen LogP contribution is -2.18. The fraction of sp³-hybridized carbons (Fsp3) is 0.429. The van der Waals surface area contributed by atoms with Crippen molar-refractivity contribution < 1.29 is 0 Å². The van der Waals surface area contributed by atoms with E-state index in [1.54, 1.807) is 6.07 Å². The van der Waals surface area contributed by atoms with Crippen LogP contribution in [0.3, 0.4) is 0 Å². The molecule has 0 aliphatic carbocycles. The standard InChI is InChI=1S/C14H15ClN2/c1-4-14(2,3)12-6-5-10(9-17)13(15)11(12)7-8-16/h5-6H,4,7H2,1-3H3. The molecule has 0 aliphatic rings. The molecule has 0 aromatic heterocycles. The molecule has 1 aromatic carbocycles. The van der Waals surface area contributed by atoms with E-state index in [0.29, 0.717) is 10.6 Å². The van der Waals surface area contributed by atoms with Crippen LogP contribution in [0.25, 0.3) is 0 Å². The van der Waals surface area contributed by atoms with Crippen molar-refractivity contribution in [3.05, 3.63) is 33.8 Å². The highest BCUT2D eigenvalue weighted by molar-refractivity contribution is 6.32. The quantitative estimate of drug-likeness (QED) is 0.810. The number of halogens is 1. The van der Waals surface area contributed by atoms with Crippen LogP contribution in [-0.2, 0) is 11.8 Å². The van der Waals surface area contributed by atoms with Crippen LogP contribution < -0.4 is 0 Å². The van der Waals surface area contributed by atoms with Crippen molar-refractivity contribution in [2.24, 2.45) is 0 Å². The topological polar surface area (TPSA) is 47.6 Å². The van der Waals surface area contributed by atoms with Gasteiger partial charge in [-0.25, -0.2) is 0 Å². The number of benzene rings is 1. The Morgan fingerprint density at radius 1 is 1.29 bits per heavy atom. The van der Waals surface area contributed by atoms with Gasteiger partial charge in [0.2, 0.25) is 0 Å². The van der Waals surface area contributed by atoms with Gasteiger partial charge in [0, 0.05) is 0 Å². The minimum atomic E-state index is -0.0379. The van der Waals surface area contributed by atoms with Gasteiger partial charge in [0.15, 0.2) is 0 Å². The summed E-state index contributed by atoms with van der Waals surface area (Å²) in [5.41, 5.74) is 2.25. The molecule has 0 atom stereocenters. The number of hydrogen-bond donors (Lipinski definition) is 0. The van der Waals surface area contributed by atoms with Crippen LogP contribution in [0.1, 0.15) is 43.9 Å². The first-order chi connectivity index (χ1) is 7.97. The van der Waals surface area contributed by atoms with Crippen LogP contribution in [-0.4, -0.2) is 0 Å². The van der Waals surface area contributed by atoms with Crippen LogP contribution in [0.15, 0.2) is 12.1 Å². The molecule has 0 aliphatic heterocycles. The molecule has 2 nitrogen and oxygen atoms in total. The van der Waals surface area contributed by atoms with E-state index in [-0.39, 0.29) is 11.8 Å². The van der Waals surface area contributed by atoms with Crippen LogP contribution in [0.2, 0.25) is 5.02 Å². The van der Waals surface area contributed by atoms with E-state index < -0.39 is 0 Å². The van der Waals surface area contributed by atoms with E-state index in [4.69, 9.17) is 22.1 Å². The molecule has 3 heteroatoms. The molecular weight excluding hydrogens is 232 g/mol. The van der Waals surface area contributed by atoms with E-state index >= 15 is 0 Å². The van der Waals surface area contributed by atoms with Gasteiger partial charge in [-0.1, -0.05) is 38.4 Å². The summed E-state index contributed by atoms with van der Waals surface area (Å²) in [6, 6.07) is 7.82. The summed E-state index contributed by atoms with van der Waals surface area (Å²) in [5, 5.41) is 18.2. The summed E-state index contributed by atoms with van der Waals surface area (Å²) < 4.78 is 0. The fourth-order valence-corrected chi connectivity index (χ4v) is 2.06. The Morgan fingerprint density at radius 3 is 2.41 bits per heavy atom. The Hall–Kier alpha value is -1.51.